The highest BCUT2D eigenvalue weighted by molar-refractivity contribution is 5.11. The third kappa shape index (κ3) is 1.58. The molecule has 15 heavy (non-hydrogen) atoms. The Morgan fingerprint density at radius 1 is 1.67 bits per heavy atom. The average molecular weight is 209 g/mol. The molecule has 4 nitrogen and oxygen atoms in total. The molecule has 1 heterocycles. The Bertz CT molecular complexity index is 325. The van der Waals surface area contributed by atoms with E-state index >= 15 is 0 Å². The Morgan fingerprint density at radius 2 is 2.40 bits per heavy atom. The van der Waals surface area contributed by atoms with E-state index in [1.807, 2.05) is 17.7 Å². The number of hydrogen-bond donors (Lipinski definition) is 2. The summed E-state index contributed by atoms with van der Waals surface area (Å²) in [6.07, 6.45) is 4.51. The first-order valence-corrected chi connectivity index (χ1v) is 5.63. The Morgan fingerprint density at radius 3 is 2.87 bits per heavy atom. The maximum atomic E-state index is 10.4. The first-order valence-electron chi connectivity index (χ1n) is 5.63. The van der Waals surface area contributed by atoms with Crippen molar-refractivity contribution in [1.82, 2.24) is 9.78 Å². The zero-order valence-electron chi connectivity index (χ0n) is 9.19. The van der Waals surface area contributed by atoms with Gasteiger partial charge in [-0.05, 0) is 25.8 Å². The molecule has 3 N–H and O–H groups in total. The third-order valence-corrected chi connectivity index (χ3v) is 3.66. The molecule has 1 fully saturated rings. The van der Waals surface area contributed by atoms with Gasteiger partial charge in [0.1, 0.15) is 6.10 Å². The second kappa shape index (κ2) is 3.94. The van der Waals surface area contributed by atoms with E-state index in [0.717, 1.165) is 25.1 Å². The van der Waals surface area contributed by atoms with Crippen molar-refractivity contribution in [2.75, 3.05) is 6.54 Å². The van der Waals surface area contributed by atoms with E-state index in [1.54, 1.807) is 6.20 Å². The quantitative estimate of drug-likeness (QED) is 0.779. The van der Waals surface area contributed by atoms with Crippen molar-refractivity contribution in [3.05, 3.63) is 18.0 Å². The van der Waals surface area contributed by atoms with Crippen molar-refractivity contribution in [2.45, 2.75) is 38.8 Å². The monoisotopic (exact) mass is 209 g/mol. The van der Waals surface area contributed by atoms with Crippen LogP contribution in [0.5, 0.6) is 0 Å². The van der Waals surface area contributed by atoms with Crippen molar-refractivity contribution >= 4 is 0 Å². The van der Waals surface area contributed by atoms with Crippen LogP contribution in [0.3, 0.4) is 0 Å². The van der Waals surface area contributed by atoms with Gasteiger partial charge in [0, 0.05) is 24.7 Å². The molecule has 1 aliphatic rings. The van der Waals surface area contributed by atoms with Gasteiger partial charge in [-0.15, -0.1) is 0 Å². The highest BCUT2D eigenvalue weighted by Crippen LogP contribution is 2.49. The normalized spacial score (nSPS) is 21.0. The standard InChI is InChI=1S/C11H19N3O/c1-2-14-9(4-7-13-14)10(15)11(8-12)5-3-6-11/h4,7,10,15H,2-3,5-6,8,12H2,1H3/t10-/m1/s1. The lowest BCUT2D eigenvalue weighted by Crippen LogP contribution is -2.43. The van der Waals surface area contributed by atoms with Gasteiger partial charge in [-0.1, -0.05) is 6.42 Å². The van der Waals surface area contributed by atoms with Crippen molar-refractivity contribution in [1.29, 1.82) is 0 Å². The zero-order valence-corrected chi connectivity index (χ0v) is 9.19. The van der Waals surface area contributed by atoms with Gasteiger partial charge in [0.15, 0.2) is 0 Å². The van der Waals surface area contributed by atoms with Crippen LogP contribution in [0.2, 0.25) is 0 Å². The van der Waals surface area contributed by atoms with Crippen LogP contribution in [-0.4, -0.2) is 21.4 Å². The van der Waals surface area contributed by atoms with Crippen molar-refractivity contribution in [3.8, 4) is 0 Å². The first-order chi connectivity index (χ1) is 7.23. The Kier molecular flexibility index (Phi) is 2.80. The van der Waals surface area contributed by atoms with Crippen molar-refractivity contribution < 1.29 is 5.11 Å². The van der Waals surface area contributed by atoms with E-state index in [0.29, 0.717) is 6.54 Å². The minimum absolute atomic E-state index is 0.0903. The molecule has 0 amide bonds. The Balaban J connectivity index is 2.23. The predicted octanol–water partition coefficient (Wildman–Crippen LogP) is 1.07. The summed E-state index contributed by atoms with van der Waals surface area (Å²) in [7, 11) is 0. The van der Waals surface area contributed by atoms with Gasteiger partial charge in [-0.25, -0.2) is 0 Å². The Hall–Kier alpha value is -0.870. The molecule has 1 aliphatic carbocycles. The second-order valence-corrected chi connectivity index (χ2v) is 4.39. The lowest BCUT2D eigenvalue weighted by molar-refractivity contribution is -0.0346. The molecule has 0 aromatic carbocycles. The van der Waals surface area contributed by atoms with E-state index in [1.165, 1.54) is 6.42 Å². The summed E-state index contributed by atoms with van der Waals surface area (Å²) in [6.45, 7) is 3.38. The van der Waals surface area contributed by atoms with Crippen LogP contribution in [0.15, 0.2) is 12.3 Å². The van der Waals surface area contributed by atoms with Gasteiger partial charge in [-0.2, -0.15) is 5.10 Å². The molecule has 0 bridgehead atoms. The van der Waals surface area contributed by atoms with E-state index in [9.17, 15) is 5.11 Å². The number of nitrogens with two attached hydrogens (primary N) is 1. The summed E-state index contributed by atoms with van der Waals surface area (Å²) in [5, 5.41) is 14.5. The van der Waals surface area contributed by atoms with E-state index in [-0.39, 0.29) is 5.41 Å². The number of aromatic nitrogens is 2. The molecule has 1 aromatic rings. The lowest BCUT2D eigenvalue weighted by atomic mass is 9.64. The molecular formula is C11H19N3O. The third-order valence-electron chi connectivity index (χ3n) is 3.66. The number of aliphatic hydroxyl groups is 1. The summed E-state index contributed by atoms with van der Waals surface area (Å²) in [5.74, 6) is 0. The van der Waals surface area contributed by atoms with E-state index < -0.39 is 6.10 Å². The van der Waals surface area contributed by atoms with Crippen LogP contribution in [0.4, 0.5) is 0 Å². The second-order valence-electron chi connectivity index (χ2n) is 4.39. The molecule has 1 aromatic heterocycles. The first kappa shape index (κ1) is 10.6. The maximum Gasteiger partial charge on any atom is 0.102 e. The van der Waals surface area contributed by atoms with Gasteiger partial charge in [0.25, 0.3) is 0 Å². The molecule has 0 aliphatic heterocycles. The minimum Gasteiger partial charge on any atom is -0.386 e. The molecule has 0 spiro atoms. The summed E-state index contributed by atoms with van der Waals surface area (Å²) in [6, 6.07) is 1.89. The van der Waals surface area contributed by atoms with Crippen molar-refractivity contribution in [3.63, 3.8) is 0 Å². The molecule has 2 rings (SSSR count). The van der Waals surface area contributed by atoms with Crippen LogP contribution < -0.4 is 5.73 Å². The van der Waals surface area contributed by atoms with Gasteiger partial charge < -0.3 is 10.8 Å². The van der Waals surface area contributed by atoms with Gasteiger partial charge in [0.05, 0.1) is 5.69 Å². The van der Waals surface area contributed by atoms with Crippen LogP contribution >= 0.6 is 0 Å². The zero-order chi connectivity index (χ0) is 10.9. The number of hydrogen-bond acceptors (Lipinski definition) is 3. The topological polar surface area (TPSA) is 64.1 Å². The SMILES string of the molecule is CCn1nccc1[C@@H](O)C1(CN)CCC1. The number of nitrogens with zero attached hydrogens (tertiary/aromatic N) is 2. The van der Waals surface area contributed by atoms with Crippen LogP contribution in [0.1, 0.15) is 38.0 Å². The fraction of sp³-hybridized carbons (Fsp3) is 0.727. The highest BCUT2D eigenvalue weighted by atomic mass is 16.3. The Labute approximate surface area is 90.1 Å². The largest absolute Gasteiger partial charge is 0.386 e. The predicted molar refractivity (Wildman–Crippen MR) is 58.2 cm³/mol. The molecule has 84 valence electrons. The fourth-order valence-electron chi connectivity index (χ4n) is 2.37. The highest BCUT2D eigenvalue weighted by Gasteiger charge is 2.43. The molecule has 0 unspecified atom stereocenters. The maximum absolute atomic E-state index is 10.4. The number of rotatable bonds is 4. The van der Waals surface area contributed by atoms with Crippen LogP contribution in [-0.2, 0) is 6.54 Å². The summed E-state index contributed by atoms with van der Waals surface area (Å²) in [5.41, 5.74) is 6.59. The van der Waals surface area contributed by atoms with Gasteiger partial charge >= 0.3 is 0 Å². The van der Waals surface area contributed by atoms with Gasteiger partial charge in [-0.3, -0.25) is 4.68 Å². The molecule has 1 atom stereocenters. The minimum atomic E-state index is -0.460. The summed E-state index contributed by atoms with van der Waals surface area (Å²) in [4.78, 5) is 0. The fourth-order valence-corrected chi connectivity index (χ4v) is 2.37. The summed E-state index contributed by atoms with van der Waals surface area (Å²) < 4.78 is 1.85. The summed E-state index contributed by atoms with van der Waals surface area (Å²) >= 11 is 0. The number of aliphatic hydroxyl groups excluding tert-OH is 1. The van der Waals surface area contributed by atoms with E-state index in [4.69, 9.17) is 5.73 Å². The van der Waals surface area contributed by atoms with Crippen LogP contribution in [0.25, 0.3) is 0 Å². The van der Waals surface area contributed by atoms with Crippen LogP contribution in [0, 0.1) is 5.41 Å². The molecule has 1 saturated carbocycles. The van der Waals surface area contributed by atoms with Crippen molar-refractivity contribution in [2.24, 2.45) is 11.1 Å². The number of aryl methyl sites for hydroxylation is 1. The molecule has 4 heteroatoms. The smallest absolute Gasteiger partial charge is 0.102 e. The average Bonchev–Trinajstić information content (AvgIpc) is 2.64. The lowest BCUT2D eigenvalue weighted by Gasteiger charge is -2.44. The molecule has 0 radical (unpaired) electrons. The molecule has 0 saturated heterocycles. The molecular weight excluding hydrogens is 190 g/mol. The van der Waals surface area contributed by atoms with Gasteiger partial charge in [0.2, 0.25) is 0 Å². The van der Waals surface area contributed by atoms with E-state index in [2.05, 4.69) is 5.10 Å².